The Kier molecular flexibility index (Phi) is 15.4. The SMILES string of the molecule is CC/C=C/C/C=C/C/C=C/C/C=C\C/C=C/C/C=C/CCC(=O)N1CC(O)CC1C(=O)O. The Morgan fingerprint density at radius 2 is 1.22 bits per heavy atom. The molecular formula is C27H39NO4. The molecule has 2 N–H and O–H groups in total. The molecule has 0 aromatic heterocycles. The lowest BCUT2D eigenvalue weighted by Crippen LogP contribution is -2.40. The van der Waals surface area contributed by atoms with Crippen LogP contribution in [0.15, 0.2) is 72.9 Å². The summed E-state index contributed by atoms with van der Waals surface area (Å²) in [5, 5.41) is 18.8. The molecule has 1 amide bonds. The highest BCUT2D eigenvalue weighted by atomic mass is 16.4. The second-order valence-corrected chi connectivity index (χ2v) is 7.74. The van der Waals surface area contributed by atoms with Crippen LogP contribution in [0.1, 0.15) is 64.7 Å². The summed E-state index contributed by atoms with van der Waals surface area (Å²) in [6.07, 6.45) is 31.5. The van der Waals surface area contributed by atoms with Crippen molar-refractivity contribution in [1.82, 2.24) is 4.90 Å². The predicted octanol–water partition coefficient (Wildman–Crippen LogP) is 5.51. The molecular weight excluding hydrogens is 402 g/mol. The Hall–Kier alpha value is -2.66. The van der Waals surface area contributed by atoms with Gasteiger partial charge in [-0.15, -0.1) is 0 Å². The third-order valence-corrected chi connectivity index (χ3v) is 5.01. The number of allylic oxidation sites excluding steroid dienone is 12. The zero-order valence-electron chi connectivity index (χ0n) is 19.3. The number of nitrogens with zero attached hydrogens (tertiary/aromatic N) is 1. The zero-order chi connectivity index (χ0) is 23.4. The number of likely N-dealkylation sites (tertiary alicyclic amines) is 1. The number of carboxylic acids is 1. The third kappa shape index (κ3) is 12.9. The molecule has 5 heteroatoms. The standard InChI is InChI=1S/C27H39NO4/c1-2-3-4-5-6-7-8-9-10-11-12-13-14-15-16-17-18-19-20-21-26(30)28-23-24(29)22-25(28)27(31)32/h3-4,6-7,9-10,12-13,15-16,18-19,24-25,29H,2,5,8,11,14,17,20-23H2,1H3,(H,31,32)/b4-3+,7-6+,10-9+,13-12-,16-15+,19-18+. The quantitative estimate of drug-likeness (QED) is 0.329. The van der Waals surface area contributed by atoms with E-state index in [4.69, 9.17) is 5.11 Å². The Morgan fingerprint density at radius 1 is 0.781 bits per heavy atom. The number of carbonyl (C=O) groups excluding carboxylic acids is 1. The molecule has 0 bridgehead atoms. The maximum atomic E-state index is 12.2. The first-order valence-corrected chi connectivity index (χ1v) is 11.7. The van der Waals surface area contributed by atoms with Crippen LogP contribution in [-0.4, -0.2) is 45.7 Å². The first kappa shape index (κ1) is 27.4. The number of aliphatic hydroxyl groups is 1. The number of hydrogen-bond donors (Lipinski definition) is 2. The van der Waals surface area contributed by atoms with Gasteiger partial charge in [-0.2, -0.15) is 0 Å². The largest absolute Gasteiger partial charge is 0.480 e. The predicted molar refractivity (Wildman–Crippen MR) is 131 cm³/mol. The van der Waals surface area contributed by atoms with Crippen LogP contribution in [0.3, 0.4) is 0 Å². The van der Waals surface area contributed by atoms with E-state index in [0.29, 0.717) is 6.42 Å². The smallest absolute Gasteiger partial charge is 0.326 e. The highest BCUT2D eigenvalue weighted by Gasteiger charge is 2.38. The average molecular weight is 442 g/mol. The summed E-state index contributed by atoms with van der Waals surface area (Å²) >= 11 is 0. The number of β-amino-alcohol motifs (C(OH)–C–C–N with tert-alkyl or cyclic N) is 1. The first-order chi connectivity index (χ1) is 15.6. The molecule has 2 unspecified atom stereocenters. The number of amides is 1. The second kappa shape index (κ2) is 18.0. The van der Waals surface area contributed by atoms with E-state index in [-0.39, 0.29) is 25.3 Å². The van der Waals surface area contributed by atoms with Crippen molar-refractivity contribution in [3.05, 3.63) is 72.9 Å². The minimum absolute atomic E-state index is 0.111. The van der Waals surface area contributed by atoms with E-state index >= 15 is 0 Å². The summed E-state index contributed by atoms with van der Waals surface area (Å²) < 4.78 is 0. The maximum Gasteiger partial charge on any atom is 0.326 e. The van der Waals surface area contributed by atoms with Gasteiger partial charge in [0.2, 0.25) is 5.91 Å². The van der Waals surface area contributed by atoms with Gasteiger partial charge >= 0.3 is 5.97 Å². The van der Waals surface area contributed by atoms with Crippen LogP contribution in [-0.2, 0) is 9.59 Å². The number of aliphatic carboxylic acids is 1. The molecule has 0 aromatic rings. The number of carboxylic acid groups (broad SMARTS) is 1. The van der Waals surface area contributed by atoms with Crippen molar-refractivity contribution in [2.45, 2.75) is 76.9 Å². The molecule has 1 aliphatic rings. The lowest BCUT2D eigenvalue weighted by atomic mass is 10.2. The number of hydrogen-bond acceptors (Lipinski definition) is 3. The molecule has 176 valence electrons. The zero-order valence-corrected chi connectivity index (χ0v) is 19.3. The van der Waals surface area contributed by atoms with Gasteiger partial charge in [0.25, 0.3) is 0 Å². The molecule has 32 heavy (non-hydrogen) atoms. The van der Waals surface area contributed by atoms with Crippen molar-refractivity contribution in [2.24, 2.45) is 0 Å². The fourth-order valence-corrected chi connectivity index (χ4v) is 3.31. The fraction of sp³-hybridized carbons (Fsp3) is 0.481. The lowest BCUT2D eigenvalue weighted by Gasteiger charge is -2.20. The molecule has 1 fully saturated rings. The Balaban J connectivity index is 2.07. The summed E-state index contributed by atoms with van der Waals surface area (Å²) in [4.78, 5) is 24.6. The average Bonchev–Trinajstić information content (AvgIpc) is 3.17. The lowest BCUT2D eigenvalue weighted by molar-refractivity contribution is -0.148. The van der Waals surface area contributed by atoms with Crippen molar-refractivity contribution in [1.29, 1.82) is 0 Å². The van der Waals surface area contributed by atoms with E-state index in [1.165, 1.54) is 4.90 Å². The topological polar surface area (TPSA) is 77.8 Å². The first-order valence-electron chi connectivity index (χ1n) is 11.7. The molecule has 0 aliphatic carbocycles. The minimum atomic E-state index is -1.05. The van der Waals surface area contributed by atoms with Gasteiger partial charge in [0.15, 0.2) is 0 Å². The molecule has 0 aromatic carbocycles. The van der Waals surface area contributed by atoms with E-state index < -0.39 is 18.1 Å². The van der Waals surface area contributed by atoms with Crippen LogP contribution in [0.25, 0.3) is 0 Å². The van der Waals surface area contributed by atoms with Gasteiger partial charge in [0.1, 0.15) is 6.04 Å². The molecule has 2 atom stereocenters. The van der Waals surface area contributed by atoms with Crippen molar-refractivity contribution < 1.29 is 19.8 Å². The number of rotatable bonds is 15. The van der Waals surface area contributed by atoms with E-state index in [1.54, 1.807) is 0 Å². The Bertz CT molecular complexity index is 715. The number of carbonyl (C=O) groups is 2. The van der Waals surface area contributed by atoms with Gasteiger partial charge in [0.05, 0.1) is 6.10 Å². The molecule has 1 aliphatic heterocycles. The Labute approximate surface area is 193 Å². The van der Waals surface area contributed by atoms with E-state index in [2.05, 4.69) is 67.7 Å². The van der Waals surface area contributed by atoms with Crippen LogP contribution >= 0.6 is 0 Å². The molecule has 5 nitrogen and oxygen atoms in total. The van der Waals surface area contributed by atoms with Crippen molar-refractivity contribution in [3.8, 4) is 0 Å². The van der Waals surface area contributed by atoms with Gasteiger partial charge in [-0.3, -0.25) is 4.79 Å². The van der Waals surface area contributed by atoms with Gasteiger partial charge in [-0.05, 0) is 44.9 Å². The molecule has 0 spiro atoms. The van der Waals surface area contributed by atoms with Crippen LogP contribution in [0.2, 0.25) is 0 Å². The van der Waals surface area contributed by atoms with Crippen molar-refractivity contribution >= 4 is 11.9 Å². The Morgan fingerprint density at radius 3 is 1.66 bits per heavy atom. The highest BCUT2D eigenvalue weighted by Crippen LogP contribution is 2.19. The van der Waals surface area contributed by atoms with Crippen molar-refractivity contribution in [3.63, 3.8) is 0 Å². The third-order valence-electron chi connectivity index (χ3n) is 5.01. The number of aliphatic hydroxyl groups excluding tert-OH is 1. The molecule has 0 radical (unpaired) electrons. The normalized spacial score (nSPS) is 19.9. The fourth-order valence-electron chi connectivity index (χ4n) is 3.31. The van der Waals surface area contributed by atoms with Crippen LogP contribution in [0, 0.1) is 0 Å². The maximum absolute atomic E-state index is 12.2. The van der Waals surface area contributed by atoms with E-state index in [0.717, 1.165) is 38.5 Å². The second-order valence-electron chi connectivity index (χ2n) is 7.74. The molecule has 0 saturated carbocycles. The van der Waals surface area contributed by atoms with Gasteiger partial charge in [-0.1, -0.05) is 79.8 Å². The highest BCUT2D eigenvalue weighted by molar-refractivity contribution is 5.84. The summed E-state index contributed by atoms with van der Waals surface area (Å²) in [7, 11) is 0. The van der Waals surface area contributed by atoms with Crippen LogP contribution in [0.4, 0.5) is 0 Å². The van der Waals surface area contributed by atoms with Gasteiger partial charge < -0.3 is 15.1 Å². The van der Waals surface area contributed by atoms with E-state index in [9.17, 15) is 14.7 Å². The van der Waals surface area contributed by atoms with Crippen LogP contribution in [0.5, 0.6) is 0 Å². The summed E-state index contributed by atoms with van der Waals surface area (Å²) in [6.45, 7) is 2.25. The van der Waals surface area contributed by atoms with Crippen molar-refractivity contribution in [2.75, 3.05) is 6.54 Å². The van der Waals surface area contributed by atoms with Gasteiger partial charge in [-0.25, -0.2) is 4.79 Å². The minimum Gasteiger partial charge on any atom is -0.480 e. The summed E-state index contributed by atoms with van der Waals surface area (Å²) in [6, 6.07) is -0.900. The summed E-state index contributed by atoms with van der Waals surface area (Å²) in [5.41, 5.74) is 0. The van der Waals surface area contributed by atoms with Crippen LogP contribution < -0.4 is 0 Å². The molecule has 1 heterocycles. The summed E-state index contributed by atoms with van der Waals surface area (Å²) in [5.74, 6) is -1.27. The van der Waals surface area contributed by atoms with E-state index in [1.807, 2.05) is 12.2 Å². The monoisotopic (exact) mass is 441 g/mol. The van der Waals surface area contributed by atoms with Gasteiger partial charge in [0, 0.05) is 19.4 Å². The molecule has 1 saturated heterocycles. The molecule has 1 rings (SSSR count).